The van der Waals surface area contributed by atoms with Crippen molar-refractivity contribution in [2.45, 2.75) is 33.7 Å². The minimum Gasteiger partial charge on any atom is -0.467 e. The van der Waals surface area contributed by atoms with Gasteiger partial charge < -0.3 is 10.2 Å². The predicted octanol–water partition coefficient (Wildman–Crippen LogP) is 2.74. The second kappa shape index (κ2) is 3.86. The van der Waals surface area contributed by atoms with Crippen LogP contribution in [-0.4, -0.2) is 5.84 Å². The molecule has 1 rings (SSSR count). The van der Waals surface area contributed by atoms with E-state index in [1.54, 1.807) is 6.26 Å². The van der Waals surface area contributed by atoms with Crippen LogP contribution in [0.2, 0.25) is 0 Å². The van der Waals surface area contributed by atoms with E-state index in [0.717, 1.165) is 5.76 Å². The maximum atomic E-state index is 5.87. The summed E-state index contributed by atoms with van der Waals surface area (Å²) in [6.45, 7) is 8.10. The largest absolute Gasteiger partial charge is 0.467 e. The minimum atomic E-state index is -0.0825. The highest BCUT2D eigenvalue weighted by Crippen LogP contribution is 2.20. The lowest BCUT2D eigenvalue weighted by molar-refractivity contribution is 0.476. The molecule has 0 fully saturated rings. The van der Waals surface area contributed by atoms with Crippen LogP contribution in [0.3, 0.4) is 0 Å². The fraction of sp³-hybridized carbons (Fsp3) is 0.545. The summed E-state index contributed by atoms with van der Waals surface area (Å²) in [4.78, 5) is 4.39. The summed E-state index contributed by atoms with van der Waals surface area (Å²) in [5.74, 6) is 1.50. The smallest absolute Gasteiger partial charge is 0.128 e. The number of amidine groups is 1. The first-order valence-electron chi connectivity index (χ1n) is 4.78. The molecule has 0 saturated heterocycles. The van der Waals surface area contributed by atoms with Gasteiger partial charge in [0.1, 0.15) is 11.8 Å². The third-order valence-electron chi connectivity index (χ3n) is 2.06. The number of nitrogens with zero attached hydrogens (tertiary/aromatic N) is 1. The van der Waals surface area contributed by atoms with Crippen molar-refractivity contribution in [3.8, 4) is 0 Å². The molecule has 3 nitrogen and oxygen atoms in total. The fourth-order valence-electron chi connectivity index (χ4n) is 0.995. The second-order valence-electron chi connectivity index (χ2n) is 4.46. The summed E-state index contributed by atoms with van der Waals surface area (Å²) in [6, 6.07) is 3.75. The number of hydrogen-bond donors (Lipinski definition) is 1. The zero-order chi connectivity index (χ0) is 10.8. The Labute approximate surface area is 85.0 Å². The molecule has 14 heavy (non-hydrogen) atoms. The first kappa shape index (κ1) is 10.8. The van der Waals surface area contributed by atoms with Gasteiger partial charge in [-0.05, 0) is 19.1 Å². The molecule has 1 unspecified atom stereocenters. The van der Waals surface area contributed by atoms with Crippen molar-refractivity contribution < 1.29 is 4.42 Å². The highest BCUT2D eigenvalue weighted by Gasteiger charge is 2.17. The Bertz CT molecular complexity index is 307. The molecule has 0 aromatic carbocycles. The Hall–Kier alpha value is -1.25. The lowest BCUT2D eigenvalue weighted by Gasteiger charge is -2.18. The van der Waals surface area contributed by atoms with Crippen molar-refractivity contribution in [2.75, 3.05) is 0 Å². The van der Waals surface area contributed by atoms with Gasteiger partial charge in [-0.25, -0.2) is 0 Å². The first-order chi connectivity index (χ1) is 6.41. The van der Waals surface area contributed by atoms with E-state index in [-0.39, 0.29) is 11.5 Å². The van der Waals surface area contributed by atoms with E-state index in [2.05, 4.69) is 4.99 Å². The zero-order valence-electron chi connectivity index (χ0n) is 9.24. The Morgan fingerprint density at radius 3 is 2.57 bits per heavy atom. The molecule has 0 spiro atoms. The van der Waals surface area contributed by atoms with Gasteiger partial charge in [0.15, 0.2) is 0 Å². The summed E-state index contributed by atoms with van der Waals surface area (Å²) < 4.78 is 5.25. The second-order valence-corrected chi connectivity index (χ2v) is 4.46. The SMILES string of the molecule is CC(N=C(N)C(C)(C)C)c1ccco1. The van der Waals surface area contributed by atoms with Crippen LogP contribution in [0.25, 0.3) is 0 Å². The van der Waals surface area contributed by atoms with E-state index in [4.69, 9.17) is 10.2 Å². The third kappa shape index (κ3) is 2.62. The summed E-state index contributed by atoms with van der Waals surface area (Å²) in [7, 11) is 0. The molecule has 78 valence electrons. The number of aliphatic imine (C=N–C) groups is 1. The molecule has 1 heterocycles. The molecule has 2 N–H and O–H groups in total. The summed E-state index contributed by atoms with van der Waals surface area (Å²) in [5, 5.41) is 0. The molecule has 1 atom stereocenters. The molecule has 0 amide bonds. The van der Waals surface area contributed by atoms with Gasteiger partial charge >= 0.3 is 0 Å². The number of rotatable bonds is 2. The maximum Gasteiger partial charge on any atom is 0.128 e. The van der Waals surface area contributed by atoms with Gasteiger partial charge in [0.2, 0.25) is 0 Å². The predicted molar refractivity (Wildman–Crippen MR) is 58.2 cm³/mol. The van der Waals surface area contributed by atoms with E-state index in [1.807, 2.05) is 39.8 Å². The molecule has 1 aromatic rings. The van der Waals surface area contributed by atoms with Gasteiger partial charge in [0.05, 0.1) is 12.1 Å². The lowest BCUT2D eigenvalue weighted by atomic mass is 9.95. The van der Waals surface area contributed by atoms with Crippen LogP contribution in [-0.2, 0) is 0 Å². The summed E-state index contributed by atoms with van der Waals surface area (Å²) >= 11 is 0. The van der Waals surface area contributed by atoms with Crippen molar-refractivity contribution in [3.05, 3.63) is 24.2 Å². The monoisotopic (exact) mass is 194 g/mol. The van der Waals surface area contributed by atoms with Gasteiger partial charge in [-0.15, -0.1) is 0 Å². The van der Waals surface area contributed by atoms with Crippen LogP contribution in [0.15, 0.2) is 27.8 Å². The molecule has 0 aliphatic rings. The Morgan fingerprint density at radius 2 is 2.14 bits per heavy atom. The quantitative estimate of drug-likeness (QED) is 0.581. The number of hydrogen-bond acceptors (Lipinski definition) is 2. The van der Waals surface area contributed by atoms with E-state index >= 15 is 0 Å². The normalized spacial score (nSPS) is 15.6. The summed E-state index contributed by atoms with van der Waals surface area (Å²) in [6.07, 6.45) is 1.65. The maximum absolute atomic E-state index is 5.87. The minimum absolute atomic E-state index is 0.00998. The zero-order valence-corrected chi connectivity index (χ0v) is 9.24. The van der Waals surface area contributed by atoms with Crippen LogP contribution < -0.4 is 5.73 Å². The topological polar surface area (TPSA) is 51.5 Å². The van der Waals surface area contributed by atoms with Gasteiger partial charge in [-0.2, -0.15) is 0 Å². The van der Waals surface area contributed by atoms with Gasteiger partial charge in [0.25, 0.3) is 0 Å². The van der Waals surface area contributed by atoms with E-state index in [0.29, 0.717) is 5.84 Å². The molecule has 0 saturated carbocycles. The van der Waals surface area contributed by atoms with E-state index in [1.165, 1.54) is 0 Å². The summed E-state index contributed by atoms with van der Waals surface area (Å²) in [5.41, 5.74) is 5.78. The Morgan fingerprint density at radius 1 is 1.50 bits per heavy atom. The van der Waals surface area contributed by atoms with Crippen molar-refractivity contribution in [1.82, 2.24) is 0 Å². The van der Waals surface area contributed by atoms with Crippen LogP contribution in [0.4, 0.5) is 0 Å². The van der Waals surface area contributed by atoms with Crippen LogP contribution in [0.1, 0.15) is 39.5 Å². The highest BCUT2D eigenvalue weighted by molar-refractivity contribution is 5.85. The lowest BCUT2D eigenvalue weighted by Crippen LogP contribution is -2.29. The molecular formula is C11H18N2O. The van der Waals surface area contributed by atoms with Gasteiger partial charge in [-0.3, -0.25) is 4.99 Å². The van der Waals surface area contributed by atoms with Gasteiger partial charge in [0, 0.05) is 5.41 Å². The number of furan rings is 1. The molecular weight excluding hydrogens is 176 g/mol. The Balaban J connectivity index is 2.78. The van der Waals surface area contributed by atoms with Crippen LogP contribution in [0, 0.1) is 5.41 Å². The molecule has 0 aliphatic heterocycles. The standard InChI is InChI=1S/C11H18N2O/c1-8(9-6-5-7-14-9)13-10(12)11(2,3)4/h5-8H,1-4H3,(H2,12,13). The van der Waals surface area contributed by atoms with Crippen molar-refractivity contribution in [1.29, 1.82) is 0 Å². The van der Waals surface area contributed by atoms with Crippen LogP contribution >= 0.6 is 0 Å². The average molecular weight is 194 g/mol. The van der Waals surface area contributed by atoms with Crippen molar-refractivity contribution >= 4 is 5.84 Å². The Kier molecular flexibility index (Phi) is 2.99. The molecule has 3 heteroatoms. The average Bonchev–Trinajstić information content (AvgIpc) is 2.53. The van der Waals surface area contributed by atoms with Crippen molar-refractivity contribution in [3.63, 3.8) is 0 Å². The molecule has 0 bridgehead atoms. The van der Waals surface area contributed by atoms with E-state index in [9.17, 15) is 0 Å². The van der Waals surface area contributed by atoms with Gasteiger partial charge in [-0.1, -0.05) is 20.8 Å². The highest BCUT2D eigenvalue weighted by atomic mass is 16.3. The molecule has 1 aromatic heterocycles. The third-order valence-corrected chi connectivity index (χ3v) is 2.06. The van der Waals surface area contributed by atoms with Crippen molar-refractivity contribution in [2.24, 2.45) is 16.1 Å². The molecule has 0 aliphatic carbocycles. The van der Waals surface area contributed by atoms with Crippen LogP contribution in [0.5, 0.6) is 0 Å². The number of nitrogens with two attached hydrogens (primary N) is 1. The van der Waals surface area contributed by atoms with E-state index < -0.39 is 0 Å². The first-order valence-corrected chi connectivity index (χ1v) is 4.78. The fourth-order valence-corrected chi connectivity index (χ4v) is 0.995. The molecule has 0 radical (unpaired) electrons.